The Morgan fingerprint density at radius 1 is 1.38 bits per heavy atom. The maximum Gasteiger partial charge on any atom is 0.329 e. The van der Waals surface area contributed by atoms with Gasteiger partial charge in [0.15, 0.2) is 0 Å². The van der Waals surface area contributed by atoms with Crippen molar-refractivity contribution in [1.82, 2.24) is 5.48 Å². The van der Waals surface area contributed by atoms with Crippen LogP contribution in [0.15, 0.2) is 0 Å². The van der Waals surface area contributed by atoms with E-state index in [0.29, 0.717) is 10.9 Å². The number of rotatable bonds is 1. The molecular formula is C9H15NO2S. The fourth-order valence-electron chi connectivity index (χ4n) is 1.57. The SMILES string of the molecule is CC(=O)ONC(=S)C1CCCCC1. The molecule has 0 aromatic carbocycles. The Bertz CT molecular complexity index is 200. The summed E-state index contributed by atoms with van der Waals surface area (Å²) in [5, 5.41) is 0. The van der Waals surface area contributed by atoms with Gasteiger partial charge in [0.1, 0.15) is 4.99 Å². The lowest BCUT2D eigenvalue weighted by Gasteiger charge is -2.22. The topological polar surface area (TPSA) is 38.3 Å². The number of nitrogens with one attached hydrogen (secondary N) is 1. The van der Waals surface area contributed by atoms with Crippen LogP contribution in [0.4, 0.5) is 0 Å². The molecule has 13 heavy (non-hydrogen) atoms. The number of hydrogen-bond donors (Lipinski definition) is 1. The zero-order valence-corrected chi connectivity index (χ0v) is 8.65. The summed E-state index contributed by atoms with van der Waals surface area (Å²) in [5.74, 6) is 0.0567. The van der Waals surface area contributed by atoms with Crippen molar-refractivity contribution in [1.29, 1.82) is 0 Å². The highest BCUT2D eigenvalue weighted by Gasteiger charge is 2.18. The minimum absolute atomic E-state index is 0.349. The molecule has 0 aromatic heterocycles. The van der Waals surface area contributed by atoms with Crippen LogP contribution in [0.25, 0.3) is 0 Å². The summed E-state index contributed by atoms with van der Waals surface area (Å²) in [6.07, 6.45) is 5.99. The van der Waals surface area contributed by atoms with E-state index in [1.54, 1.807) is 0 Å². The molecule has 1 saturated carbocycles. The highest BCUT2D eigenvalue weighted by atomic mass is 32.1. The van der Waals surface area contributed by atoms with E-state index in [4.69, 9.17) is 12.2 Å². The van der Waals surface area contributed by atoms with Crippen molar-refractivity contribution in [3.8, 4) is 0 Å². The number of carbonyl (C=O) groups excluding carboxylic acids is 1. The number of hydrogen-bond acceptors (Lipinski definition) is 3. The van der Waals surface area contributed by atoms with Gasteiger partial charge in [0.25, 0.3) is 0 Å². The van der Waals surface area contributed by atoms with E-state index in [0.717, 1.165) is 12.8 Å². The molecule has 0 aliphatic heterocycles. The van der Waals surface area contributed by atoms with Crippen LogP contribution in [0.3, 0.4) is 0 Å². The fraction of sp³-hybridized carbons (Fsp3) is 0.778. The molecule has 0 radical (unpaired) electrons. The molecule has 1 aliphatic rings. The molecule has 1 aliphatic carbocycles. The van der Waals surface area contributed by atoms with Crippen molar-refractivity contribution in [2.45, 2.75) is 39.0 Å². The van der Waals surface area contributed by atoms with Gasteiger partial charge in [0, 0.05) is 12.8 Å². The third-order valence-electron chi connectivity index (χ3n) is 2.27. The Balaban J connectivity index is 2.25. The lowest BCUT2D eigenvalue weighted by Crippen LogP contribution is -2.31. The fourth-order valence-corrected chi connectivity index (χ4v) is 1.85. The molecule has 0 unspecified atom stereocenters. The minimum atomic E-state index is -0.349. The maximum absolute atomic E-state index is 10.5. The monoisotopic (exact) mass is 201 g/mol. The van der Waals surface area contributed by atoms with E-state index in [-0.39, 0.29) is 5.97 Å². The maximum atomic E-state index is 10.5. The zero-order chi connectivity index (χ0) is 9.68. The summed E-state index contributed by atoms with van der Waals surface area (Å²) in [4.78, 5) is 15.8. The summed E-state index contributed by atoms with van der Waals surface area (Å²) >= 11 is 5.10. The van der Waals surface area contributed by atoms with Crippen LogP contribution in [0.5, 0.6) is 0 Å². The van der Waals surface area contributed by atoms with E-state index >= 15 is 0 Å². The highest BCUT2D eigenvalue weighted by Crippen LogP contribution is 2.24. The predicted molar refractivity (Wildman–Crippen MR) is 54.1 cm³/mol. The Hall–Kier alpha value is -0.640. The molecule has 4 heteroatoms. The molecule has 1 rings (SSSR count). The largest absolute Gasteiger partial charge is 0.343 e. The van der Waals surface area contributed by atoms with Gasteiger partial charge >= 0.3 is 5.97 Å². The molecule has 0 saturated heterocycles. The highest BCUT2D eigenvalue weighted by molar-refractivity contribution is 7.80. The number of carbonyl (C=O) groups is 1. The van der Waals surface area contributed by atoms with Gasteiger partial charge < -0.3 is 4.84 Å². The molecule has 0 heterocycles. The zero-order valence-electron chi connectivity index (χ0n) is 7.84. The lowest BCUT2D eigenvalue weighted by molar-refractivity contribution is -0.145. The first-order valence-corrected chi connectivity index (χ1v) is 5.08. The van der Waals surface area contributed by atoms with Gasteiger partial charge in [-0.3, -0.25) is 4.79 Å². The molecule has 0 amide bonds. The summed E-state index contributed by atoms with van der Waals surface area (Å²) < 4.78 is 0. The van der Waals surface area contributed by atoms with Gasteiger partial charge in [-0.1, -0.05) is 31.5 Å². The van der Waals surface area contributed by atoms with Crippen molar-refractivity contribution in [3.05, 3.63) is 0 Å². The average molecular weight is 201 g/mol. The molecule has 1 fully saturated rings. The van der Waals surface area contributed by atoms with Gasteiger partial charge in [0.2, 0.25) is 0 Å². The lowest BCUT2D eigenvalue weighted by atomic mass is 9.89. The molecule has 0 spiro atoms. The summed E-state index contributed by atoms with van der Waals surface area (Å²) in [6.45, 7) is 1.36. The standard InChI is InChI=1S/C9H15NO2S/c1-7(11)12-10-9(13)8-5-3-2-4-6-8/h8H,2-6H2,1H3,(H,10,13). The van der Waals surface area contributed by atoms with Crippen LogP contribution in [0.1, 0.15) is 39.0 Å². The third kappa shape index (κ3) is 3.72. The van der Waals surface area contributed by atoms with Crippen LogP contribution in [0.2, 0.25) is 0 Å². The van der Waals surface area contributed by atoms with E-state index in [2.05, 4.69) is 10.3 Å². The Morgan fingerprint density at radius 2 is 2.00 bits per heavy atom. The normalized spacial score (nSPS) is 17.9. The van der Waals surface area contributed by atoms with Gasteiger partial charge in [-0.2, -0.15) is 0 Å². The second-order valence-electron chi connectivity index (χ2n) is 3.39. The van der Waals surface area contributed by atoms with Crippen LogP contribution >= 0.6 is 12.2 Å². The van der Waals surface area contributed by atoms with Crippen molar-refractivity contribution >= 4 is 23.2 Å². The number of thiocarbonyl (C=S) groups is 1. The molecule has 3 nitrogen and oxygen atoms in total. The smallest absolute Gasteiger partial charge is 0.329 e. The first-order chi connectivity index (χ1) is 6.20. The van der Waals surface area contributed by atoms with Gasteiger partial charge in [0.05, 0.1) is 0 Å². The Morgan fingerprint density at radius 3 is 2.54 bits per heavy atom. The van der Waals surface area contributed by atoms with Crippen molar-refractivity contribution in [2.24, 2.45) is 5.92 Å². The predicted octanol–water partition coefficient (Wildman–Crippen LogP) is 1.96. The second-order valence-corrected chi connectivity index (χ2v) is 3.83. The van der Waals surface area contributed by atoms with Gasteiger partial charge in [-0.05, 0) is 12.8 Å². The second kappa shape index (κ2) is 5.17. The third-order valence-corrected chi connectivity index (χ3v) is 2.69. The van der Waals surface area contributed by atoms with Crippen molar-refractivity contribution < 1.29 is 9.63 Å². The average Bonchev–Trinajstić information content (AvgIpc) is 2.15. The molecule has 0 bridgehead atoms. The van der Waals surface area contributed by atoms with Crippen LogP contribution in [-0.2, 0) is 9.63 Å². The Kier molecular flexibility index (Phi) is 4.15. The molecule has 0 aromatic rings. The molecule has 1 N–H and O–H groups in total. The first kappa shape index (κ1) is 10.4. The summed E-state index contributed by atoms with van der Waals surface area (Å²) in [7, 11) is 0. The molecule has 0 atom stereocenters. The quantitative estimate of drug-likeness (QED) is 0.520. The van der Waals surface area contributed by atoms with E-state index in [1.807, 2.05) is 0 Å². The summed E-state index contributed by atoms with van der Waals surface area (Å²) in [5.41, 5.74) is 2.53. The van der Waals surface area contributed by atoms with Crippen LogP contribution < -0.4 is 5.48 Å². The van der Waals surface area contributed by atoms with Crippen LogP contribution in [0, 0.1) is 5.92 Å². The van der Waals surface area contributed by atoms with Crippen LogP contribution in [-0.4, -0.2) is 11.0 Å². The number of hydroxylamine groups is 1. The van der Waals surface area contributed by atoms with E-state index in [9.17, 15) is 4.79 Å². The summed E-state index contributed by atoms with van der Waals surface area (Å²) in [6, 6.07) is 0. The van der Waals surface area contributed by atoms with Crippen molar-refractivity contribution in [2.75, 3.05) is 0 Å². The van der Waals surface area contributed by atoms with E-state index in [1.165, 1.54) is 26.2 Å². The van der Waals surface area contributed by atoms with E-state index < -0.39 is 0 Å². The van der Waals surface area contributed by atoms with Crippen molar-refractivity contribution in [3.63, 3.8) is 0 Å². The molecular weight excluding hydrogens is 186 g/mol. The van der Waals surface area contributed by atoms with Gasteiger partial charge in [-0.25, -0.2) is 5.48 Å². The Labute approximate surface area is 83.8 Å². The molecule has 74 valence electrons. The minimum Gasteiger partial charge on any atom is -0.343 e. The first-order valence-electron chi connectivity index (χ1n) is 4.67. The van der Waals surface area contributed by atoms with Gasteiger partial charge in [-0.15, -0.1) is 0 Å².